The van der Waals surface area contributed by atoms with Gasteiger partial charge in [0, 0.05) is 17.5 Å². The second-order valence-corrected chi connectivity index (χ2v) is 8.49. The highest BCUT2D eigenvalue weighted by molar-refractivity contribution is 8.01. The lowest BCUT2D eigenvalue weighted by Crippen LogP contribution is -2.27. The van der Waals surface area contributed by atoms with E-state index in [1.54, 1.807) is 7.11 Å². The van der Waals surface area contributed by atoms with E-state index in [1.807, 2.05) is 29.6 Å². The number of para-hydroxylation sites is 1. The van der Waals surface area contributed by atoms with Crippen molar-refractivity contribution in [1.82, 2.24) is 10.3 Å². The number of methoxy groups -OCH3 is 1. The number of carbonyl (C=O) groups excluding carboxylic acids is 2. The number of carbonyl (C=O) groups is 2. The Morgan fingerprint density at radius 3 is 2.70 bits per heavy atom. The van der Waals surface area contributed by atoms with Gasteiger partial charge in [0.25, 0.3) is 0 Å². The van der Waals surface area contributed by atoms with Gasteiger partial charge in [0.05, 0.1) is 25.0 Å². The van der Waals surface area contributed by atoms with Gasteiger partial charge in [-0.2, -0.15) is 0 Å². The maximum absolute atomic E-state index is 12.9. The van der Waals surface area contributed by atoms with E-state index in [2.05, 4.69) is 10.3 Å². The summed E-state index contributed by atoms with van der Waals surface area (Å²) in [5.41, 5.74) is 2.18. The van der Waals surface area contributed by atoms with Gasteiger partial charge in [-0.25, -0.2) is 9.37 Å². The lowest BCUT2D eigenvalue weighted by molar-refractivity contribution is -0.120. The van der Waals surface area contributed by atoms with Crippen LogP contribution in [0.4, 0.5) is 4.39 Å². The van der Waals surface area contributed by atoms with Crippen molar-refractivity contribution in [2.75, 3.05) is 19.4 Å². The molecule has 3 rings (SSSR count). The lowest BCUT2D eigenvalue weighted by Gasteiger charge is -2.08. The monoisotopic (exact) mass is 444 g/mol. The van der Waals surface area contributed by atoms with Crippen LogP contribution in [-0.2, 0) is 17.6 Å². The molecule has 1 heterocycles. The highest BCUT2D eigenvalue weighted by atomic mass is 32.2. The van der Waals surface area contributed by atoms with Gasteiger partial charge in [0.2, 0.25) is 5.91 Å². The van der Waals surface area contributed by atoms with Gasteiger partial charge in [-0.1, -0.05) is 30.0 Å². The number of amides is 1. The number of ketones is 1. The zero-order valence-electron chi connectivity index (χ0n) is 16.4. The van der Waals surface area contributed by atoms with Crippen LogP contribution in [0.5, 0.6) is 5.75 Å². The summed E-state index contributed by atoms with van der Waals surface area (Å²) in [6, 6.07) is 13.2. The minimum atomic E-state index is -0.370. The van der Waals surface area contributed by atoms with E-state index in [4.69, 9.17) is 4.74 Å². The van der Waals surface area contributed by atoms with Crippen molar-refractivity contribution in [1.29, 1.82) is 0 Å². The fourth-order valence-corrected chi connectivity index (χ4v) is 4.49. The highest BCUT2D eigenvalue weighted by Crippen LogP contribution is 2.24. The van der Waals surface area contributed by atoms with E-state index in [0.717, 1.165) is 15.7 Å². The zero-order chi connectivity index (χ0) is 21.3. The molecular weight excluding hydrogens is 423 g/mol. The van der Waals surface area contributed by atoms with Gasteiger partial charge >= 0.3 is 0 Å². The summed E-state index contributed by atoms with van der Waals surface area (Å²) in [6.45, 7) is 0.511. The first-order valence-electron chi connectivity index (χ1n) is 9.29. The molecule has 5 nitrogen and oxygen atoms in total. The summed E-state index contributed by atoms with van der Waals surface area (Å²) in [5, 5.41) is 4.72. The molecule has 0 atom stereocenters. The molecule has 30 heavy (non-hydrogen) atoms. The number of rotatable bonds is 10. The number of hydrogen-bond donors (Lipinski definition) is 1. The maximum Gasteiger partial charge on any atom is 0.226 e. The number of benzene rings is 2. The second-order valence-electron chi connectivity index (χ2n) is 6.41. The van der Waals surface area contributed by atoms with Gasteiger partial charge in [0.1, 0.15) is 11.6 Å². The maximum atomic E-state index is 12.9. The Morgan fingerprint density at radius 1 is 1.17 bits per heavy atom. The molecule has 0 fully saturated rings. The molecule has 1 N–H and O–H groups in total. The SMILES string of the molecule is COc1ccccc1CCNC(=O)Cc1csc(SCC(=O)c2ccc(F)cc2)n1. The molecule has 0 saturated carbocycles. The van der Waals surface area contributed by atoms with E-state index in [1.165, 1.54) is 47.4 Å². The molecule has 8 heteroatoms. The van der Waals surface area contributed by atoms with Crippen molar-refractivity contribution >= 4 is 34.8 Å². The van der Waals surface area contributed by atoms with E-state index in [0.29, 0.717) is 24.2 Å². The number of nitrogens with zero attached hydrogens (tertiary/aromatic N) is 1. The van der Waals surface area contributed by atoms with Crippen molar-refractivity contribution < 1.29 is 18.7 Å². The number of Topliss-reactive ketones (excluding diaryl/α,β-unsaturated/α-hetero) is 1. The molecule has 2 aromatic carbocycles. The number of nitrogens with one attached hydrogen (secondary N) is 1. The first kappa shape index (κ1) is 22.0. The number of thiazole rings is 1. The third kappa shape index (κ3) is 6.40. The molecule has 0 aliphatic heterocycles. The van der Waals surface area contributed by atoms with E-state index >= 15 is 0 Å². The zero-order valence-corrected chi connectivity index (χ0v) is 18.0. The van der Waals surface area contributed by atoms with Crippen LogP contribution >= 0.6 is 23.1 Å². The minimum Gasteiger partial charge on any atom is -0.496 e. The Hall–Kier alpha value is -2.71. The Labute approximate surface area is 182 Å². The molecule has 0 radical (unpaired) electrons. The topological polar surface area (TPSA) is 68.3 Å². The predicted octanol–water partition coefficient (Wildman–Crippen LogP) is 4.17. The average molecular weight is 445 g/mol. The average Bonchev–Trinajstić information content (AvgIpc) is 3.20. The van der Waals surface area contributed by atoms with Crippen molar-refractivity contribution in [3.8, 4) is 5.75 Å². The normalized spacial score (nSPS) is 10.6. The molecule has 1 amide bonds. The van der Waals surface area contributed by atoms with Gasteiger partial charge in [-0.05, 0) is 42.3 Å². The molecule has 0 aliphatic rings. The van der Waals surface area contributed by atoms with Crippen LogP contribution in [0.25, 0.3) is 0 Å². The molecule has 156 valence electrons. The quantitative estimate of drug-likeness (QED) is 0.376. The molecule has 0 aliphatic carbocycles. The van der Waals surface area contributed by atoms with Gasteiger partial charge < -0.3 is 10.1 Å². The van der Waals surface area contributed by atoms with E-state index in [9.17, 15) is 14.0 Å². The summed E-state index contributed by atoms with van der Waals surface area (Å²) in [6.07, 6.45) is 0.869. The summed E-state index contributed by atoms with van der Waals surface area (Å²) in [4.78, 5) is 28.7. The third-order valence-corrected chi connectivity index (χ3v) is 6.34. The van der Waals surface area contributed by atoms with Crippen LogP contribution in [-0.4, -0.2) is 36.1 Å². The Kier molecular flexibility index (Phi) is 7.98. The summed E-state index contributed by atoms with van der Waals surface area (Å²) >= 11 is 2.71. The molecule has 1 aromatic heterocycles. The Morgan fingerprint density at radius 2 is 1.93 bits per heavy atom. The predicted molar refractivity (Wildman–Crippen MR) is 117 cm³/mol. The van der Waals surface area contributed by atoms with Crippen LogP contribution in [0.3, 0.4) is 0 Å². The number of thioether (sulfide) groups is 1. The summed E-state index contributed by atoms with van der Waals surface area (Å²) in [5.74, 6) is 0.456. The number of ether oxygens (including phenoxy) is 1. The van der Waals surface area contributed by atoms with Gasteiger partial charge in [0.15, 0.2) is 10.1 Å². The van der Waals surface area contributed by atoms with Crippen molar-refractivity contribution in [2.45, 2.75) is 17.2 Å². The fraction of sp³-hybridized carbons (Fsp3) is 0.227. The Balaban J connectivity index is 1.42. The van der Waals surface area contributed by atoms with Gasteiger partial charge in [-0.3, -0.25) is 9.59 Å². The molecule has 0 bridgehead atoms. The van der Waals surface area contributed by atoms with Crippen LogP contribution in [0.1, 0.15) is 21.6 Å². The largest absolute Gasteiger partial charge is 0.496 e. The molecule has 3 aromatic rings. The standard InChI is InChI=1S/C22H21FN2O3S2/c1-28-20-5-3-2-4-16(20)10-11-24-21(27)12-18-13-29-22(25-18)30-14-19(26)15-6-8-17(23)9-7-15/h2-9,13H,10-12,14H2,1H3,(H,24,27). The molecule has 0 saturated heterocycles. The summed E-state index contributed by atoms with van der Waals surface area (Å²) < 4.78 is 19.0. The second kappa shape index (κ2) is 10.9. The number of aromatic nitrogens is 1. The smallest absolute Gasteiger partial charge is 0.226 e. The number of hydrogen-bond acceptors (Lipinski definition) is 6. The molecular formula is C22H21FN2O3S2. The first-order valence-corrected chi connectivity index (χ1v) is 11.2. The number of halogens is 1. The van der Waals surface area contributed by atoms with Gasteiger partial charge in [-0.15, -0.1) is 11.3 Å². The van der Waals surface area contributed by atoms with Crippen LogP contribution in [0.2, 0.25) is 0 Å². The van der Waals surface area contributed by atoms with Crippen molar-refractivity contribution in [3.63, 3.8) is 0 Å². The van der Waals surface area contributed by atoms with Crippen LogP contribution < -0.4 is 10.1 Å². The first-order chi connectivity index (χ1) is 14.5. The van der Waals surface area contributed by atoms with Crippen molar-refractivity contribution in [2.24, 2.45) is 0 Å². The van der Waals surface area contributed by atoms with E-state index < -0.39 is 0 Å². The lowest BCUT2D eigenvalue weighted by atomic mass is 10.1. The van der Waals surface area contributed by atoms with E-state index in [-0.39, 0.29) is 29.7 Å². The highest BCUT2D eigenvalue weighted by Gasteiger charge is 2.11. The molecule has 0 spiro atoms. The Bertz CT molecular complexity index is 1010. The van der Waals surface area contributed by atoms with Crippen LogP contribution in [0, 0.1) is 5.82 Å². The van der Waals surface area contributed by atoms with Crippen molar-refractivity contribution in [3.05, 3.63) is 76.5 Å². The summed E-state index contributed by atoms with van der Waals surface area (Å²) in [7, 11) is 1.63. The van der Waals surface area contributed by atoms with Crippen LogP contribution in [0.15, 0.2) is 58.3 Å². The molecule has 0 unspecified atom stereocenters. The fourth-order valence-electron chi connectivity index (χ4n) is 2.76. The minimum absolute atomic E-state index is 0.0918. The third-order valence-electron chi connectivity index (χ3n) is 4.27.